The molecule has 3 aromatic rings. The molecule has 11 heteroatoms. The van der Waals surface area contributed by atoms with Crippen molar-refractivity contribution in [2.24, 2.45) is 0 Å². The second kappa shape index (κ2) is 7.92. The van der Waals surface area contributed by atoms with Gasteiger partial charge in [0.1, 0.15) is 17.3 Å². The molecule has 2 aliphatic heterocycles. The summed E-state index contributed by atoms with van der Waals surface area (Å²) in [5.74, 6) is -1.20. The van der Waals surface area contributed by atoms with Crippen LogP contribution in [0.2, 0.25) is 0 Å². The summed E-state index contributed by atoms with van der Waals surface area (Å²) in [7, 11) is 0. The molecule has 0 saturated carbocycles. The lowest BCUT2D eigenvalue weighted by Gasteiger charge is -2.36. The lowest BCUT2D eigenvalue weighted by atomic mass is 10.0. The number of nitrogen functional groups attached to an aromatic ring is 1. The number of nitrogens with two attached hydrogens (primary N) is 1. The zero-order valence-electron chi connectivity index (χ0n) is 17.2. The maximum absolute atomic E-state index is 14.7. The van der Waals surface area contributed by atoms with Gasteiger partial charge in [0.25, 0.3) is 5.91 Å². The van der Waals surface area contributed by atoms with E-state index in [1.807, 2.05) is 0 Å². The van der Waals surface area contributed by atoms with Crippen molar-refractivity contribution in [2.45, 2.75) is 25.4 Å². The van der Waals surface area contributed by atoms with Crippen LogP contribution in [0, 0.1) is 5.82 Å². The second-order valence-corrected chi connectivity index (χ2v) is 7.86. The van der Waals surface area contributed by atoms with Crippen LogP contribution in [0.25, 0.3) is 10.9 Å². The van der Waals surface area contributed by atoms with Crippen molar-refractivity contribution in [2.75, 3.05) is 25.5 Å². The van der Waals surface area contributed by atoms with Crippen LogP contribution in [0.3, 0.4) is 0 Å². The van der Waals surface area contributed by atoms with E-state index in [1.54, 1.807) is 6.07 Å². The minimum absolute atomic E-state index is 0.0526. The molecule has 2 aliphatic rings. The van der Waals surface area contributed by atoms with Crippen LogP contribution in [-0.2, 0) is 28.9 Å². The normalized spacial score (nSPS) is 18.5. The van der Waals surface area contributed by atoms with Gasteiger partial charge in [-0.25, -0.2) is 14.4 Å². The fourth-order valence-electron chi connectivity index (χ4n) is 4.22. The molecule has 7 nitrogen and oxygen atoms in total. The first kappa shape index (κ1) is 21.5. The topological polar surface area (TPSA) is 90.6 Å². The summed E-state index contributed by atoms with van der Waals surface area (Å²) in [5.41, 5.74) is 7.03. The lowest BCUT2D eigenvalue weighted by Crippen LogP contribution is -2.44. The predicted octanol–water partition coefficient (Wildman–Crippen LogP) is 3.61. The maximum Gasteiger partial charge on any atom is 0.416 e. The smallest absolute Gasteiger partial charge is 0.383 e. The van der Waals surface area contributed by atoms with Gasteiger partial charge in [-0.1, -0.05) is 6.07 Å². The number of morpholine rings is 1. The van der Waals surface area contributed by atoms with Crippen LogP contribution in [0.5, 0.6) is 0 Å². The van der Waals surface area contributed by atoms with Crippen molar-refractivity contribution in [3.8, 4) is 0 Å². The fraction of sp³-hybridized carbons (Fsp3) is 0.318. The summed E-state index contributed by atoms with van der Waals surface area (Å²) in [5, 5.41) is 0.681. The zero-order valence-corrected chi connectivity index (χ0v) is 17.2. The number of pyridine rings is 2. The van der Waals surface area contributed by atoms with Crippen molar-refractivity contribution in [3.05, 3.63) is 64.2 Å². The first-order valence-electron chi connectivity index (χ1n) is 10.1. The Hall–Kier alpha value is -3.31. The van der Waals surface area contributed by atoms with Gasteiger partial charge in [0, 0.05) is 23.1 Å². The van der Waals surface area contributed by atoms with Crippen molar-refractivity contribution < 1.29 is 31.8 Å². The molecule has 4 heterocycles. The quantitative estimate of drug-likeness (QED) is 0.586. The largest absolute Gasteiger partial charge is 0.416 e. The van der Waals surface area contributed by atoms with Crippen LogP contribution >= 0.6 is 0 Å². The zero-order chi connectivity index (χ0) is 23.3. The molecule has 1 fully saturated rings. The third kappa shape index (κ3) is 3.76. The molecule has 1 unspecified atom stereocenters. The van der Waals surface area contributed by atoms with Crippen molar-refractivity contribution in [1.82, 2.24) is 14.9 Å². The number of carbonyl (C=O) groups is 1. The number of rotatable bonds is 2. The van der Waals surface area contributed by atoms with Gasteiger partial charge < -0.3 is 20.1 Å². The van der Waals surface area contributed by atoms with Crippen molar-refractivity contribution in [1.29, 1.82) is 0 Å². The Morgan fingerprint density at radius 1 is 1.15 bits per heavy atom. The number of hydrogen-bond donors (Lipinski definition) is 1. The molecule has 1 atom stereocenters. The molecule has 33 heavy (non-hydrogen) atoms. The fourth-order valence-corrected chi connectivity index (χ4v) is 4.22. The molecule has 0 radical (unpaired) electrons. The summed E-state index contributed by atoms with van der Waals surface area (Å²) >= 11 is 0. The van der Waals surface area contributed by atoms with E-state index in [0.717, 1.165) is 23.3 Å². The highest BCUT2D eigenvalue weighted by Gasteiger charge is 2.35. The number of amides is 1. The number of aromatic nitrogens is 2. The third-order valence-corrected chi connectivity index (χ3v) is 5.91. The van der Waals surface area contributed by atoms with Crippen LogP contribution in [0.4, 0.5) is 23.4 Å². The number of nitrogens with zero attached hydrogens (tertiary/aromatic N) is 3. The Morgan fingerprint density at radius 2 is 1.94 bits per heavy atom. The molecule has 0 aliphatic carbocycles. The van der Waals surface area contributed by atoms with Gasteiger partial charge in [-0.15, -0.1) is 0 Å². The van der Waals surface area contributed by atoms with E-state index < -0.39 is 29.5 Å². The summed E-state index contributed by atoms with van der Waals surface area (Å²) in [6.45, 7) is 0.939. The lowest BCUT2D eigenvalue weighted by molar-refractivity contribution is -0.137. The van der Waals surface area contributed by atoms with E-state index in [4.69, 9.17) is 15.2 Å². The van der Waals surface area contributed by atoms with E-state index >= 15 is 0 Å². The summed E-state index contributed by atoms with van der Waals surface area (Å²) in [6, 6.07) is 2.96. The van der Waals surface area contributed by atoms with E-state index in [0.29, 0.717) is 36.0 Å². The number of halogens is 4. The van der Waals surface area contributed by atoms with E-state index in [2.05, 4.69) is 9.97 Å². The number of hydrogen-bond acceptors (Lipinski definition) is 6. The predicted molar refractivity (Wildman–Crippen MR) is 108 cm³/mol. The van der Waals surface area contributed by atoms with Gasteiger partial charge in [0.05, 0.1) is 49.7 Å². The molecule has 172 valence electrons. The van der Waals surface area contributed by atoms with Gasteiger partial charge in [0.2, 0.25) is 0 Å². The third-order valence-electron chi connectivity index (χ3n) is 5.91. The van der Waals surface area contributed by atoms with E-state index in [1.165, 1.54) is 11.1 Å². The summed E-state index contributed by atoms with van der Waals surface area (Å²) in [6.07, 6.45) is -3.24. The Bertz CT molecular complexity index is 1260. The van der Waals surface area contributed by atoms with Gasteiger partial charge in [-0.3, -0.25) is 4.79 Å². The van der Waals surface area contributed by atoms with Crippen LogP contribution in [0.15, 0.2) is 30.5 Å². The summed E-state index contributed by atoms with van der Waals surface area (Å²) < 4.78 is 64.3. The van der Waals surface area contributed by atoms with E-state index in [-0.39, 0.29) is 31.0 Å². The minimum Gasteiger partial charge on any atom is -0.383 e. The molecule has 0 spiro atoms. The standard InChI is InChI=1S/C22H18F4N4O3/c23-16-5-11(22(24,25)26)1-2-12(16)19-10-32-4-3-30(19)21(31)17-6-13-14-8-33-9-15(14)20(27)29-18(13)7-28-17/h1-2,5-7,19H,3-4,8-10H2,(H2,27,29). The van der Waals surface area contributed by atoms with Gasteiger partial charge in [-0.05, 0) is 23.8 Å². The molecule has 1 amide bonds. The van der Waals surface area contributed by atoms with Crippen LogP contribution in [0.1, 0.15) is 38.8 Å². The number of benzene rings is 1. The van der Waals surface area contributed by atoms with E-state index in [9.17, 15) is 22.4 Å². The molecule has 1 aromatic carbocycles. The first-order valence-corrected chi connectivity index (χ1v) is 10.1. The summed E-state index contributed by atoms with van der Waals surface area (Å²) in [4.78, 5) is 23.3. The average Bonchev–Trinajstić information content (AvgIpc) is 3.29. The molecule has 2 aromatic heterocycles. The molecular weight excluding hydrogens is 444 g/mol. The maximum atomic E-state index is 14.7. The van der Waals surface area contributed by atoms with Crippen molar-refractivity contribution >= 4 is 22.6 Å². The Balaban J connectivity index is 1.51. The Kier molecular flexibility index (Phi) is 5.17. The molecule has 2 N–H and O–H groups in total. The first-order chi connectivity index (χ1) is 15.7. The molecular formula is C22H18F4N4O3. The van der Waals surface area contributed by atoms with Gasteiger partial charge >= 0.3 is 6.18 Å². The number of fused-ring (bicyclic) bond motifs is 3. The number of ether oxygens (including phenoxy) is 2. The highest BCUT2D eigenvalue weighted by atomic mass is 19.4. The molecule has 1 saturated heterocycles. The van der Waals surface area contributed by atoms with Gasteiger partial charge in [0.15, 0.2) is 0 Å². The monoisotopic (exact) mass is 462 g/mol. The molecule has 5 rings (SSSR count). The van der Waals surface area contributed by atoms with Gasteiger partial charge in [-0.2, -0.15) is 13.2 Å². The van der Waals surface area contributed by atoms with Crippen LogP contribution in [-0.4, -0.2) is 40.5 Å². The molecule has 0 bridgehead atoms. The average molecular weight is 462 g/mol. The Morgan fingerprint density at radius 3 is 2.70 bits per heavy atom. The van der Waals surface area contributed by atoms with Crippen molar-refractivity contribution in [3.63, 3.8) is 0 Å². The van der Waals surface area contributed by atoms with Crippen LogP contribution < -0.4 is 5.73 Å². The number of carbonyl (C=O) groups excluding carboxylic acids is 1. The Labute approximate surface area is 185 Å². The SMILES string of the molecule is Nc1nc2cnc(C(=O)N3CCOCC3c3ccc(C(F)(F)F)cc3F)cc2c2c1COC2. The highest BCUT2D eigenvalue weighted by Crippen LogP contribution is 2.35. The second-order valence-electron chi connectivity index (χ2n) is 7.86. The number of anilines is 1. The highest BCUT2D eigenvalue weighted by molar-refractivity contribution is 5.97. The minimum atomic E-state index is -4.67. The number of alkyl halides is 3.